The smallest absolute Gasteiger partial charge is 0.344 e. The Balaban J connectivity index is 2.01. The molecule has 2 aromatic rings. The molecule has 0 unspecified atom stereocenters. The lowest BCUT2D eigenvalue weighted by atomic mass is 10.1. The van der Waals surface area contributed by atoms with Crippen molar-refractivity contribution >= 4 is 70.1 Å². The Bertz CT molecular complexity index is 1100. The fourth-order valence-corrected chi connectivity index (χ4v) is 3.19. The first-order chi connectivity index (χ1) is 14.2. The molecule has 0 saturated carbocycles. The van der Waals surface area contributed by atoms with Crippen molar-refractivity contribution in [3.8, 4) is 5.75 Å². The van der Waals surface area contributed by atoms with Crippen molar-refractivity contribution in [3.63, 3.8) is 0 Å². The molecule has 1 saturated heterocycles. The quantitative estimate of drug-likeness (QED) is 0.398. The number of thiocarbonyl (C=S) groups is 1. The fraction of sp³-hybridized carbons (Fsp3) is 0.100. The highest BCUT2D eigenvalue weighted by Gasteiger charge is 2.35. The summed E-state index contributed by atoms with van der Waals surface area (Å²) in [6.07, 6.45) is 0.189. The number of anilines is 1. The molecule has 1 heterocycles. The van der Waals surface area contributed by atoms with Gasteiger partial charge in [-0.2, -0.15) is 0 Å². The largest absolute Gasteiger partial charge is 0.479 e. The number of carboxylic acids is 1. The monoisotopic (exact) mass is 464 g/mol. The van der Waals surface area contributed by atoms with Gasteiger partial charge < -0.3 is 9.84 Å². The van der Waals surface area contributed by atoms with Gasteiger partial charge in [0.2, 0.25) is 0 Å². The van der Waals surface area contributed by atoms with E-state index in [1.807, 2.05) is 0 Å². The van der Waals surface area contributed by atoms with Gasteiger partial charge in [0.15, 0.2) is 11.2 Å². The number of nitrogens with one attached hydrogen (secondary N) is 1. The van der Waals surface area contributed by atoms with Crippen LogP contribution in [-0.4, -0.2) is 34.1 Å². The van der Waals surface area contributed by atoms with Gasteiger partial charge in [-0.1, -0.05) is 41.4 Å². The van der Waals surface area contributed by atoms with Crippen molar-refractivity contribution in [2.75, 3.05) is 4.90 Å². The van der Waals surface area contributed by atoms with Crippen molar-refractivity contribution < 1.29 is 24.2 Å². The van der Waals surface area contributed by atoms with Crippen LogP contribution in [0.1, 0.15) is 12.5 Å². The molecule has 0 radical (unpaired) electrons. The van der Waals surface area contributed by atoms with Gasteiger partial charge in [-0.15, -0.1) is 0 Å². The van der Waals surface area contributed by atoms with Gasteiger partial charge in [0.25, 0.3) is 11.8 Å². The second-order valence-electron chi connectivity index (χ2n) is 6.19. The van der Waals surface area contributed by atoms with E-state index in [2.05, 4.69) is 5.32 Å². The third-order valence-corrected chi connectivity index (χ3v) is 5.16. The number of aliphatic carboxylic acids is 1. The molecular formula is C20H14Cl2N2O5S. The molecule has 0 aromatic heterocycles. The molecule has 1 atom stereocenters. The third kappa shape index (κ3) is 4.46. The molecular weight excluding hydrogens is 451 g/mol. The number of hydrogen-bond donors (Lipinski definition) is 2. The van der Waals surface area contributed by atoms with Crippen LogP contribution in [0.15, 0.2) is 48.0 Å². The Morgan fingerprint density at radius 2 is 1.90 bits per heavy atom. The summed E-state index contributed by atoms with van der Waals surface area (Å²) in [7, 11) is 0. The predicted molar refractivity (Wildman–Crippen MR) is 117 cm³/mol. The fourth-order valence-electron chi connectivity index (χ4n) is 2.62. The Hall–Kier alpha value is -2.94. The maximum absolute atomic E-state index is 13.1. The van der Waals surface area contributed by atoms with Gasteiger partial charge in [-0.05, 0) is 49.5 Å². The highest BCUT2D eigenvalue weighted by atomic mass is 35.5. The summed E-state index contributed by atoms with van der Waals surface area (Å²) in [5.41, 5.74) is 0.467. The van der Waals surface area contributed by atoms with Gasteiger partial charge in [-0.25, -0.2) is 4.79 Å². The van der Waals surface area contributed by atoms with Gasteiger partial charge in [0, 0.05) is 5.56 Å². The lowest BCUT2D eigenvalue weighted by Crippen LogP contribution is -2.54. The molecule has 2 aromatic carbocycles. The van der Waals surface area contributed by atoms with Crippen molar-refractivity contribution in [1.29, 1.82) is 0 Å². The number of nitrogens with zero attached hydrogens (tertiary/aromatic N) is 1. The summed E-state index contributed by atoms with van der Waals surface area (Å²) in [6.45, 7) is 1.37. The Labute approximate surface area is 186 Å². The van der Waals surface area contributed by atoms with Crippen LogP contribution in [0.5, 0.6) is 5.75 Å². The molecule has 1 aliphatic rings. The van der Waals surface area contributed by atoms with Crippen molar-refractivity contribution in [2.45, 2.75) is 13.0 Å². The Morgan fingerprint density at radius 1 is 1.20 bits per heavy atom. The first-order valence-corrected chi connectivity index (χ1v) is 9.70. The maximum Gasteiger partial charge on any atom is 0.344 e. The highest BCUT2D eigenvalue weighted by Crippen LogP contribution is 2.30. The number of para-hydroxylation sites is 1. The van der Waals surface area contributed by atoms with E-state index in [-0.39, 0.29) is 21.5 Å². The van der Waals surface area contributed by atoms with Gasteiger partial charge >= 0.3 is 5.97 Å². The molecule has 30 heavy (non-hydrogen) atoms. The van der Waals surface area contributed by atoms with E-state index in [9.17, 15) is 14.4 Å². The molecule has 154 valence electrons. The summed E-state index contributed by atoms with van der Waals surface area (Å²) >= 11 is 17.1. The summed E-state index contributed by atoms with van der Waals surface area (Å²) in [4.78, 5) is 37.8. The number of rotatable bonds is 5. The lowest BCUT2D eigenvalue weighted by molar-refractivity contribution is -0.144. The number of carboxylic acid groups (broad SMARTS) is 1. The van der Waals surface area contributed by atoms with Crippen molar-refractivity contribution in [1.82, 2.24) is 5.32 Å². The zero-order chi connectivity index (χ0) is 22.0. The number of amides is 2. The lowest BCUT2D eigenvalue weighted by Gasteiger charge is -2.29. The van der Waals surface area contributed by atoms with Crippen LogP contribution < -0.4 is 15.0 Å². The predicted octanol–water partition coefficient (Wildman–Crippen LogP) is 3.68. The SMILES string of the molecule is C[C@@H](Oc1ccccc1/C=C1\C(=O)NC(=S)N(c2ccc(Cl)c(Cl)c2)C1=O)C(=O)O. The number of carbonyl (C=O) groups excluding carboxylic acids is 2. The average molecular weight is 465 g/mol. The normalized spacial score (nSPS) is 16.4. The van der Waals surface area contributed by atoms with Crippen LogP contribution in [0.3, 0.4) is 0 Å². The molecule has 3 rings (SSSR count). The van der Waals surface area contributed by atoms with E-state index < -0.39 is 23.9 Å². The van der Waals surface area contributed by atoms with Crippen LogP contribution in [0.25, 0.3) is 6.08 Å². The second-order valence-corrected chi connectivity index (χ2v) is 7.39. The van der Waals surface area contributed by atoms with Crippen LogP contribution >= 0.6 is 35.4 Å². The number of ether oxygens (including phenoxy) is 1. The van der Waals surface area contributed by atoms with E-state index in [0.29, 0.717) is 16.3 Å². The molecule has 2 N–H and O–H groups in total. The molecule has 2 amide bonds. The van der Waals surface area contributed by atoms with Crippen LogP contribution in [-0.2, 0) is 14.4 Å². The zero-order valence-corrected chi connectivity index (χ0v) is 17.7. The second kappa shape index (κ2) is 8.83. The third-order valence-electron chi connectivity index (χ3n) is 4.13. The number of halogens is 2. The number of carbonyl (C=O) groups is 3. The zero-order valence-electron chi connectivity index (χ0n) is 15.4. The molecule has 1 aliphatic heterocycles. The maximum atomic E-state index is 13.1. The topological polar surface area (TPSA) is 95.9 Å². The highest BCUT2D eigenvalue weighted by molar-refractivity contribution is 7.80. The molecule has 0 spiro atoms. The minimum atomic E-state index is -1.15. The first-order valence-electron chi connectivity index (χ1n) is 8.54. The summed E-state index contributed by atoms with van der Waals surface area (Å²) < 4.78 is 5.42. The van der Waals surface area contributed by atoms with Crippen LogP contribution in [0.4, 0.5) is 5.69 Å². The van der Waals surface area contributed by atoms with Crippen LogP contribution in [0, 0.1) is 0 Å². The standard InChI is InChI=1S/C20H14Cl2N2O5S/c1-10(19(27)28)29-16-5-3-2-4-11(16)8-13-17(25)23-20(30)24(18(13)26)12-6-7-14(21)15(22)9-12/h2-10H,1H3,(H,27,28)(H,23,25,30)/b13-8+/t10-/m1/s1. The van der Waals surface area contributed by atoms with E-state index in [4.69, 9.17) is 45.3 Å². The van der Waals surface area contributed by atoms with Gasteiger partial charge in [0.1, 0.15) is 11.3 Å². The molecule has 1 fully saturated rings. The minimum Gasteiger partial charge on any atom is -0.479 e. The van der Waals surface area contributed by atoms with Crippen molar-refractivity contribution in [3.05, 3.63) is 63.6 Å². The van der Waals surface area contributed by atoms with E-state index in [0.717, 1.165) is 4.90 Å². The summed E-state index contributed by atoms with van der Waals surface area (Å²) in [6, 6.07) is 10.9. The van der Waals surface area contributed by atoms with E-state index in [1.54, 1.807) is 30.3 Å². The van der Waals surface area contributed by atoms with E-state index >= 15 is 0 Å². The number of benzene rings is 2. The minimum absolute atomic E-state index is 0.107. The van der Waals surface area contributed by atoms with Crippen molar-refractivity contribution in [2.24, 2.45) is 0 Å². The molecule has 0 aliphatic carbocycles. The van der Waals surface area contributed by atoms with Crippen LogP contribution in [0.2, 0.25) is 10.0 Å². The van der Waals surface area contributed by atoms with E-state index in [1.165, 1.54) is 25.1 Å². The summed E-state index contributed by atoms with van der Waals surface area (Å²) in [5, 5.41) is 11.9. The average Bonchev–Trinajstić information content (AvgIpc) is 2.68. The molecule has 0 bridgehead atoms. The molecule has 7 nitrogen and oxygen atoms in total. The molecule has 10 heteroatoms. The van der Waals surface area contributed by atoms with Gasteiger partial charge in [0.05, 0.1) is 15.7 Å². The number of hydrogen-bond acceptors (Lipinski definition) is 5. The Kier molecular flexibility index (Phi) is 6.40. The Morgan fingerprint density at radius 3 is 2.57 bits per heavy atom. The summed E-state index contributed by atoms with van der Waals surface area (Å²) in [5.74, 6) is -2.32. The van der Waals surface area contributed by atoms with Gasteiger partial charge in [-0.3, -0.25) is 19.8 Å². The first kappa shape index (κ1) is 21.8.